The lowest BCUT2D eigenvalue weighted by atomic mass is 10.1. The van der Waals surface area contributed by atoms with Crippen LogP contribution in [0.2, 0.25) is 0 Å². The first-order chi connectivity index (χ1) is 10.5. The van der Waals surface area contributed by atoms with Gasteiger partial charge >= 0.3 is 5.69 Å². The van der Waals surface area contributed by atoms with Crippen LogP contribution in [0.5, 0.6) is 0 Å². The number of aliphatic hydroxyl groups is 1. The smallest absolute Gasteiger partial charge is 0.306 e. The molecule has 2 rings (SSSR count). The zero-order valence-electron chi connectivity index (χ0n) is 11.4. The molecule has 6 nitrogen and oxygen atoms in total. The molecule has 7 heteroatoms. The Balaban J connectivity index is 2.26. The van der Waals surface area contributed by atoms with Gasteiger partial charge in [0, 0.05) is 6.07 Å². The largest absolute Gasteiger partial charge is 0.392 e. The van der Waals surface area contributed by atoms with Crippen molar-refractivity contribution in [3.8, 4) is 6.19 Å². The van der Waals surface area contributed by atoms with Crippen molar-refractivity contribution in [3.63, 3.8) is 0 Å². The Bertz CT molecular complexity index is 726. The number of rotatable bonds is 5. The molecule has 22 heavy (non-hydrogen) atoms. The molecule has 0 aliphatic carbocycles. The molecule has 0 spiro atoms. The fraction of sp³-hybridized carbons (Fsp3) is 0.133. The fourth-order valence-electron chi connectivity index (χ4n) is 1.93. The van der Waals surface area contributed by atoms with Crippen LogP contribution in [0.3, 0.4) is 0 Å². The van der Waals surface area contributed by atoms with E-state index in [1.807, 2.05) is 6.19 Å². The summed E-state index contributed by atoms with van der Waals surface area (Å²) in [6, 6.07) is 10.2. The maximum Gasteiger partial charge on any atom is 0.306 e. The zero-order chi connectivity index (χ0) is 16.1. The molecule has 1 N–H and O–H groups in total. The van der Waals surface area contributed by atoms with Crippen LogP contribution in [0.1, 0.15) is 11.1 Å². The summed E-state index contributed by atoms with van der Waals surface area (Å²) in [5.74, 6) is -0.945. The lowest BCUT2D eigenvalue weighted by Crippen LogP contribution is -2.16. The van der Waals surface area contributed by atoms with Gasteiger partial charge in [0.25, 0.3) is 0 Å². The molecule has 0 saturated heterocycles. The quantitative estimate of drug-likeness (QED) is 0.397. The predicted octanol–water partition coefficient (Wildman–Crippen LogP) is 2.71. The lowest BCUT2D eigenvalue weighted by Gasteiger charge is -2.15. The van der Waals surface area contributed by atoms with E-state index in [0.717, 1.165) is 23.3 Å². The number of hydrogen-bond donors (Lipinski definition) is 1. The molecule has 2 aromatic rings. The van der Waals surface area contributed by atoms with E-state index in [1.54, 1.807) is 24.3 Å². The normalized spacial score (nSPS) is 10.0. The van der Waals surface area contributed by atoms with Gasteiger partial charge in [-0.3, -0.25) is 15.0 Å². The Morgan fingerprint density at radius 1 is 1.23 bits per heavy atom. The number of aliphatic hydroxyl groups excluding tert-OH is 1. The van der Waals surface area contributed by atoms with E-state index in [4.69, 9.17) is 5.11 Å². The van der Waals surface area contributed by atoms with Crippen LogP contribution >= 0.6 is 0 Å². The molecule has 0 aliphatic rings. The van der Waals surface area contributed by atoms with Crippen molar-refractivity contribution in [2.45, 2.75) is 13.2 Å². The highest BCUT2D eigenvalue weighted by Gasteiger charge is 2.17. The molecule has 0 unspecified atom stereocenters. The van der Waals surface area contributed by atoms with Gasteiger partial charge in [-0.1, -0.05) is 24.3 Å². The number of nitriles is 1. The molecular weight excluding hydrogens is 289 g/mol. The number of anilines is 1. The van der Waals surface area contributed by atoms with Crippen molar-refractivity contribution < 1.29 is 14.4 Å². The summed E-state index contributed by atoms with van der Waals surface area (Å²) >= 11 is 0. The standard InChI is InChI=1S/C15H12FN3O3/c16-14-6-5-13(7-15(14)19(21)22)18(10-17)8-11-1-3-12(9-20)4-2-11/h1-7,20H,8-9H2. The van der Waals surface area contributed by atoms with Gasteiger partial charge in [0.1, 0.15) is 0 Å². The summed E-state index contributed by atoms with van der Waals surface area (Å²) in [7, 11) is 0. The van der Waals surface area contributed by atoms with Crippen molar-refractivity contribution >= 4 is 11.4 Å². The van der Waals surface area contributed by atoms with E-state index in [2.05, 4.69) is 0 Å². The molecule has 0 heterocycles. The van der Waals surface area contributed by atoms with Gasteiger partial charge < -0.3 is 5.11 Å². The topological polar surface area (TPSA) is 90.4 Å². The average Bonchev–Trinajstić information content (AvgIpc) is 2.53. The number of nitro groups is 1. The fourth-order valence-corrected chi connectivity index (χ4v) is 1.93. The average molecular weight is 301 g/mol. The van der Waals surface area contributed by atoms with Crippen LogP contribution in [-0.2, 0) is 13.2 Å². The van der Waals surface area contributed by atoms with E-state index in [-0.39, 0.29) is 18.8 Å². The van der Waals surface area contributed by atoms with Crippen LogP contribution in [0.15, 0.2) is 42.5 Å². The molecule has 0 amide bonds. The van der Waals surface area contributed by atoms with Gasteiger partial charge in [-0.15, -0.1) is 0 Å². The summed E-state index contributed by atoms with van der Waals surface area (Å²) in [6.45, 7) is 0.109. The Morgan fingerprint density at radius 3 is 2.41 bits per heavy atom. The van der Waals surface area contributed by atoms with Gasteiger partial charge in [0.05, 0.1) is 23.8 Å². The third-order valence-corrected chi connectivity index (χ3v) is 3.11. The molecule has 112 valence electrons. The highest BCUT2D eigenvalue weighted by molar-refractivity contribution is 5.56. The van der Waals surface area contributed by atoms with Gasteiger partial charge in [-0.05, 0) is 23.3 Å². The SMILES string of the molecule is N#CN(Cc1ccc(CO)cc1)c1ccc(F)c([N+](=O)[O-])c1. The highest BCUT2D eigenvalue weighted by Crippen LogP contribution is 2.25. The van der Waals surface area contributed by atoms with Crippen molar-refractivity contribution in [2.24, 2.45) is 0 Å². The van der Waals surface area contributed by atoms with Gasteiger partial charge in [-0.2, -0.15) is 9.65 Å². The second kappa shape index (κ2) is 6.65. The third-order valence-electron chi connectivity index (χ3n) is 3.11. The molecule has 0 fully saturated rings. The van der Waals surface area contributed by atoms with Crippen LogP contribution in [0, 0.1) is 27.4 Å². The van der Waals surface area contributed by atoms with Gasteiger partial charge in [0.2, 0.25) is 5.82 Å². The van der Waals surface area contributed by atoms with E-state index < -0.39 is 16.4 Å². The second-order valence-corrected chi connectivity index (χ2v) is 4.55. The number of halogens is 1. The van der Waals surface area contributed by atoms with Crippen molar-refractivity contribution in [2.75, 3.05) is 4.90 Å². The summed E-state index contributed by atoms with van der Waals surface area (Å²) in [5, 5.41) is 28.9. The summed E-state index contributed by atoms with van der Waals surface area (Å²) in [6.07, 6.45) is 1.92. The minimum absolute atomic E-state index is 0.0770. The zero-order valence-corrected chi connectivity index (χ0v) is 11.4. The molecule has 0 radical (unpaired) electrons. The van der Waals surface area contributed by atoms with Gasteiger partial charge in [-0.25, -0.2) is 0 Å². The summed E-state index contributed by atoms with van der Waals surface area (Å²) < 4.78 is 13.3. The molecule has 0 atom stereocenters. The molecular formula is C15H12FN3O3. The first-order valence-electron chi connectivity index (χ1n) is 6.35. The van der Waals surface area contributed by atoms with Crippen molar-refractivity contribution in [1.82, 2.24) is 0 Å². The van der Waals surface area contributed by atoms with E-state index in [0.29, 0.717) is 0 Å². The first-order valence-corrected chi connectivity index (χ1v) is 6.35. The molecule has 0 bridgehead atoms. The Morgan fingerprint density at radius 2 is 1.86 bits per heavy atom. The van der Waals surface area contributed by atoms with Gasteiger partial charge in [0.15, 0.2) is 6.19 Å². The first kappa shape index (κ1) is 15.4. The van der Waals surface area contributed by atoms with E-state index in [9.17, 15) is 19.8 Å². The maximum atomic E-state index is 13.3. The van der Waals surface area contributed by atoms with Crippen LogP contribution < -0.4 is 4.90 Å². The number of nitro benzene ring substituents is 1. The minimum atomic E-state index is -0.945. The number of hydrogen-bond acceptors (Lipinski definition) is 5. The Kier molecular flexibility index (Phi) is 4.66. The maximum absolute atomic E-state index is 13.3. The monoisotopic (exact) mass is 301 g/mol. The van der Waals surface area contributed by atoms with E-state index in [1.165, 1.54) is 11.0 Å². The van der Waals surface area contributed by atoms with Crippen LogP contribution in [0.4, 0.5) is 15.8 Å². The second-order valence-electron chi connectivity index (χ2n) is 4.55. The van der Waals surface area contributed by atoms with Crippen molar-refractivity contribution in [1.29, 1.82) is 5.26 Å². The highest BCUT2D eigenvalue weighted by atomic mass is 19.1. The minimum Gasteiger partial charge on any atom is -0.392 e. The summed E-state index contributed by atoms with van der Waals surface area (Å²) in [4.78, 5) is 11.1. The van der Waals surface area contributed by atoms with E-state index >= 15 is 0 Å². The van der Waals surface area contributed by atoms with Crippen LogP contribution in [-0.4, -0.2) is 10.0 Å². The molecule has 0 aliphatic heterocycles. The van der Waals surface area contributed by atoms with Crippen molar-refractivity contribution in [3.05, 3.63) is 69.5 Å². The predicted molar refractivity (Wildman–Crippen MR) is 77.2 cm³/mol. The number of benzene rings is 2. The molecule has 0 saturated carbocycles. The molecule has 2 aromatic carbocycles. The Hall–Kier alpha value is -2.98. The third kappa shape index (κ3) is 3.37. The number of nitrogens with zero attached hydrogens (tertiary/aromatic N) is 3. The lowest BCUT2D eigenvalue weighted by molar-refractivity contribution is -0.387. The Labute approximate surface area is 125 Å². The summed E-state index contributed by atoms with van der Waals surface area (Å²) in [5.41, 5.74) is 1.09. The van der Waals surface area contributed by atoms with Crippen LogP contribution in [0.25, 0.3) is 0 Å². The molecule has 0 aromatic heterocycles.